The van der Waals surface area contributed by atoms with E-state index in [9.17, 15) is 9.90 Å². The lowest BCUT2D eigenvalue weighted by atomic mass is 9.98. The van der Waals surface area contributed by atoms with Crippen LogP contribution in [0.5, 0.6) is 5.75 Å². The number of rotatable bonds is 4. The smallest absolute Gasteiger partial charge is 0.340 e. The minimum atomic E-state index is -0.448. The Morgan fingerprint density at radius 2 is 1.96 bits per heavy atom. The minimum Gasteiger partial charge on any atom is -0.478 e. The molecule has 2 aromatic carbocycles. The molecule has 3 aromatic rings. The average molecular weight is 365 g/mol. The van der Waals surface area contributed by atoms with Crippen molar-refractivity contribution in [1.29, 1.82) is 0 Å². The van der Waals surface area contributed by atoms with Crippen LogP contribution >= 0.6 is 0 Å². The van der Waals surface area contributed by atoms with E-state index < -0.39 is 6.10 Å². The Bertz CT molecular complexity index is 1020. The predicted octanol–water partition coefficient (Wildman–Crippen LogP) is 3.22. The topological polar surface area (TPSA) is 62.9 Å². The largest absolute Gasteiger partial charge is 0.478 e. The molecule has 1 aliphatic heterocycles. The molecule has 0 bridgehead atoms. The van der Waals surface area contributed by atoms with Gasteiger partial charge in [-0.15, -0.1) is 0 Å². The van der Waals surface area contributed by atoms with Crippen LogP contribution in [-0.2, 0) is 13.0 Å². The molecule has 5 nitrogen and oxygen atoms in total. The van der Waals surface area contributed by atoms with Crippen LogP contribution in [0.3, 0.4) is 0 Å². The first-order valence-electron chi connectivity index (χ1n) is 9.18. The van der Waals surface area contributed by atoms with E-state index in [-0.39, 0.29) is 5.63 Å². The number of fused-ring (bicyclic) bond motifs is 3. The molecule has 1 aliphatic rings. The molecular weight excluding hydrogens is 342 g/mol. The maximum Gasteiger partial charge on any atom is 0.340 e. The highest BCUT2D eigenvalue weighted by molar-refractivity contribution is 5.86. The van der Waals surface area contributed by atoms with Gasteiger partial charge >= 0.3 is 5.63 Å². The van der Waals surface area contributed by atoms with E-state index in [1.54, 1.807) is 6.92 Å². The third kappa shape index (κ3) is 3.48. The van der Waals surface area contributed by atoms with Gasteiger partial charge in [-0.25, -0.2) is 4.79 Å². The Balaban J connectivity index is 1.78. The highest BCUT2D eigenvalue weighted by Gasteiger charge is 2.24. The van der Waals surface area contributed by atoms with Gasteiger partial charge < -0.3 is 14.3 Å². The maximum atomic E-state index is 12.7. The van der Waals surface area contributed by atoms with Gasteiger partial charge in [0.15, 0.2) is 0 Å². The molecule has 0 fully saturated rings. The number of aliphatic hydroxyl groups excluding tert-OH is 1. The van der Waals surface area contributed by atoms with Crippen molar-refractivity contribution in [3.05, 3.63) is 75.1 Å². The molecule has 0 saturated carbocycles. The Morgan fingerprint density at radius 3 is 2.70 bits per heavy atom. The molecule has 140 valence electrons. The van der Waals surface area contributed by atoms with Gasteiger partial charge in [0.1, 0.15) is 18.1 Å². The van der Waals surface area contributed by atoms with Gasteiger partial charge in [0.2, 0.25) is 0 Å². The highest BCUT2D eigenvalue weighted by atomic mass is 16.5. The van der Waals surface area contributed by atoms with Gasteiger partial charge in [0, 0.05) is 30.5 Å². The lowest BCUT2D eigenvalue weighted by Crippen LogP contribution is -2.37. The molecule has 5 heteroatoms. The third-order valence-electron chi connectivity index (χ3n) is 5.05. The molecule has 2 heterocycles. The molecular formula is C22H23NO4. The molecule has 1 atom stereocenters. The van der Waals surface area contributed by atoms with Crippen molar-refractivity contribution in [3.8, 4) is 5.75 Å². The molecule has 0 unspecified atom stereocenters. The lowest BCUT2D eigenvalue weighted by Gasteiger charge is -2.30. The summed E-state index contributed by atoms with van der Waals surface area (Å²) in [5.74, 6) is 0.739. The number of nitrogens with zero attached hydrogens (tertiary/aromatic N) is 1. The van der Waals surface area contributed by atoms with Crippen molar-refractivity contribution < 1.29 is 14.3 Å². The number of hydrogen-bond donors (Lipinski definition) is 1. The zero-order valence-electron chi connectivity index (χ0n) is 15.6. The van der Waals surface area contributed by atoms with Crippen molar-refractivity contribution in [3.63, 3.8) is 0 Å². The summed E-state index contributed by atoms with van der Waals surface area (Å²) in [6, 6.07) is 13.8. The van der Waals surface area contributed by atoms with Crippen LogP contribution in [0.25, 0.3) is 11.0 Å². The second kappa shape index (κ2) is 7.18. The van der Waals surface area contributed by atoms with Crippen molar-refractivity contribution in [1.82, 2.24) is 4.90 Å². The summed E-state index contributed by atoms with van der Waals surface area (Å²) in [6.45, 7) is 5.22. The minimum absolute atomic E-state index is 0.301. The van der Waals surface area contributed by atoms with Crippen molar-refractivity contribution in [2.45, 2.75) is 32.9 Å². The van der Waals surface area contributed by atoms with Crippen molar-refractivity contribution in [2.75, 3.05) is 13.3 Å². The second-order valence-corrected chi connectivity index (χ2v) is 7.21. The lowest BCUT2D eigenvalue weighted by molar-refractivity contribution is 0.0503. The fraction of sp³-hybridized carbons (Fsp3) is 0.318. The number of aryl methyl sites for hydroxylation is 1. The summed E-state index contributed by atoms with van der Waals surface area (Å²) in [6.07, 6.45) is 0.100. The van der Waals surface area contributed by atoms with Crippen LogP contribution in [0.4, 0.5) is 0 Å². The first-order chi connectivity index (χ1) is 13.0. The number of β-amino-alcohol motifs (C(OH)–C–C–N with tert-alkyl or cyclic N) is 1. The normalized spacial score (nSPS) is 15.4. The van der Waals surface area contributed by atoms with Gasteiger partial charge in [-0.1, -0.05) is 30.3 Å². The number of ether oxygens (including phenoxy) is 1. The van der Waals surface area contributed by atoms with Crippen LogP contribution in [0, 0.1) is 6.92 Å². The Morgan fingerprint density at radius 1 is 1.19 bits per heavy atom. The molecule has 1 N–H and O–H groups in total. The quantitative estimate of drug-likeness (QED) is 0.719. The summed E-state index contributed by atoms with van der Waals surface area (Å²) in [5.41, 5.74) is 3.86. The van der Waals surface area contributed by atoms with E-state index in [0.717, 1.165) is 27.8 Å². The summed E-state index contributed by atoms with van der Waals surface area (Å²) in [7, 11) is 0. The summed E-state index contributed by atoms with van der Waals surface area (Å²) >= 11 is 0. The van der Waals surface area contributed by atoms with Crippen molar-refractivity contribution in [2.24, 2.45) is 0 Å². The van der Waals surface area contributed by atoms with E-state index in [2.05, 4.69) is 0 Å². The van der Waals surface area contributed by atoms with Crippen LogP contribution in [0.15, 0.2) is 51.7 Å². The summed E-state index contributed by atoms with van der Waals surface area (Å²) < 4.78 is 11.6. The van der Waals surface area contributed by atoms with E-state index in [4.69, 9.17) is 9.15 Å². The van der Waals surface area contributed by atoms with Crippen molar-refractivity contribution >= 4 is 11.0 Å². The average Bonchev–Trinajstić information content (AvgIpc) is 2.65. The number of hydrogen-bond acceptors (Lipinski definition) is 5. The highest BCUT2D eigenvalue weighted by Crippen LogP contribution is 2.34. The number of aliphatic hydroxyl groups is 1. The number of benzene rings is 2. The fourth-order valence-corrected chi connectivity index (χ4v) is 3.70. The Hall–Kier alpha value is -2.63. The van der Waals surface area contributed by atoms with E-state index >= 15 is 0 Å². The first kappa shape index (κ1) is 17.8. The fourth-order valence-electron chi connectivity index (χ4n) is 3.70. The van der Waals surface area contributed by atoms with E-state index in [1.807, 2.05) is 54.3 Å². The standard InChI is InChI=1S/C22H23NO4/c1-14(24)11-23-12-19-20(26-13-23)9-8-17-15(2)18(22(25)27-21(17)19)10-16-6-4-3-5-7-16/h3-9,14,24H,10-13H2,1-2H3/t14-/m1/s1. The molecule has 0 amide bonds. The van der Waals surface area contributed by atoms with Gasteiger partial charge in [-0.2, -0.15) is 0 Å². The second-order valence-electron chi connectivity index (χ2n) is 7.21. The van der Waals surface area contributed by atoms with Crippen LogP contribution in [-0.4, -0.2) is 29.4 Å². The molecule has 0 radical (unpaired) electrons. The molecule has 0 aliphatic carbocycles. The van der Waals surface area contributed by atoms with Crippen LogP contribution in [0.2, 0.25) is 0 Å². The molecule has 27 heavy (non-hydrogen) atoms. The van der Waals surface area contributed by atoms with Gasteiger partial charge in [0.25, 0.3) is 0 Å². The van der Waals surface area contributed by atoms with Gasteiger partial charge in [-0.3, -0.25) is 4.90 Å². The summed E-state index contributed by atoms with van der Waals surface area (Å²) in [5, 5.41) is 10.6. The zero-order chi connectivity index (χ0) is 19.0. The monoisotopic (exact) mass is 365 g/mol. The summed E-state index contributed by atoms with van der Waals surface area (Å²) in [4.78, 5) is 14.7. The van der Waals surface area contributed by atoms with E-state index in [0.29, 0.717) is 37.4 Å². The van der Waals surface area contributed by atoms with E-state index in [1.165, 1.54) is 0 Å². The maximum absolute atomic E-state index is 12.7. The zero-order valence-corrected chi connectivity index (χ0v) is 15.6. The van der Waals surface area contributed by atoms with Crippen LogP contribution in [0.1, 0.15) is 29.2 Å². The van der Waals surface area contributed by atoms with Crippen LogP contribution < -0.4 is 10.4 Å². The SMILES string of the molecule is Cc1c(Cc2ccccc2)c(=O)oc2c3c(ccc12)OCN(C[C@@H](C)O)C3. The molecule has 0 saturated heterocycles. The van der Waals surface area contributed by atoms with Gasteiger partial charge in [0.05, 0.1) is 11.7 Å². The first-order valence-corrected chi connectivity index (χ1v) is 9.18. The molecule has 0 spiro atoms. The Kier molecular flexibility index (Phi) is 4.72. The molecule has 4 rings (SSSR count). The van der Waals surface area contributed by atoms with Gasteiger partial charge in [-0.05, 0) is 37.1 Å². The predicted molar refractivity (Wildman–Crippen MR) is 104 cm³/mol. The third-order valence-corrected chi connectivity index (χ3v) is 5.05. The Labute approximate surface area is 157 Å². The molecule has 1 aromatic heterocycles.